The number of fused-ring (bicyclic) bond motifs is 1. The largest absolute Gasteiger partial charge is 0.331 e. The van der Waals surface area contributed by atoms with Crippen LogP contribution < -0.4 is 5.32 Å². The first-order valence-electron chi connectivity index (χ1n) is 8.75. The molecule has 2 aromatic carbocycles. The number of para-hydroxylation sites is 1. The first kappa shape index (κ1) is 16.3. The summed E-state index contributed by atoms with van der Waals surface area (Å²) >= 11 is 0. The Bertz CT molecular complexity index is 961. The van der Waals surface area contributed by atoms with E-state index in [1.165, 1.54) is 6.92 Å². The van der Waals surface area contributed by atoms with Crippen molar-refractivity contribution in [2.45, 2.75) is 25.8 Å². The lowest BCUT2D eigenvalue weighted by Gasteiger charge is -2.22. The summed E-state index contributed by atoms with van der Waals surface area (Å²) in [7, 11) is 0. The van der Waals surface area contributed by atoms with Crippen LogP contribution in [0.25, 0.3) is 16.6 Å². The van der Waals surface area contributed by atoms with Crippen LogP contribution in [0, 0.1) is 0 Å². The Labute approximate surface area is 151 Å². The van der Waals surface area contributed by atoms with Crippen LogP contribution >= 0.6 is 0 Å². The molecular formula is C20H20N4O2. The Morgan fingerprint density at radius 1 is 1.12 bits per heavy atom. The minimum Gasteiger partial charge on any atom is -0.331 e. The number of rotatable bonds is 3. The van der Waals surface area contributed by atoms with Crippen molar-refractivity contribution in [3.63, 3.8) is 0 Å². The molecular weight excluding hydrogens is 328 g/mol. The van der Waals surface area contributed by atoms with Crippen molar-refractivity contribution >= 4 is 28.4 Å². The molecule has 1 aromatic heterocycles. The van der Waals surface area contributed by atoms with Crippen molar-refractivity contribution in [1.29, 1.82) is 0 Å². The third-order valence-corrected chi connectivity index (χ3v) is 4.82. The van der Waals surface area contributed by atoms with Gasteiger partial charge in [-0.25, -0.2) is 4.68 Å². The minimum atomic E-state index is -0.373. The average molecular weight is 348 g/mol. The second-order valence-electron chi connectivity index (χ2n) is 6.52. The molecule has 1 atom stereocenters. The summed E-state index contributed by atoms with van der Waals surface area (Å²) in [5, 5.41) is 8.43. The van der Waals surface area contributed by atoms with E-state index in [9.17, 15) is 9.59 Å². The standard InChI is InChI=1S/C20H20N4O2/c1-14(25)23-12-4-7-19(23)20(26)22-16-8-10-17(11-9-16)24-18-6-3-2-5-15(18)13-21-24/h2-3,5-6,8-11,13,19H,4,7,12H2,1H3,(H,22,26)/t19-/m1/s1. The fourth-order valence-corrected chi connectivity index (χ4v) is 3.51. The molecule has 26 heavy (non-hydrogen) atoms. The Kier molecular flexibility index (Phi) is 4.16. The summed E-state index contributed by atoms with van der Waals surface area (Å²) in [6.07, 6.45) is 3.41. The highest BCUT2D eigenvalue weighted by atomic mass is 16.2. The fourth-order valence-electron chi connectivity index (χ4n) is 3.51. The van der Waals surface area contributed by atoms with Crippen molar-refractivity contribution in [2.24, 2.45) is 0 Å². The monoisotopic (exact) mass is 348 g/mol. The normalized spacial score (nSPS) is 16.8. The van der Waals surface area contributed by atoms with Crippen molar-refractivity contribution in [3.05, 3.63) is 54.7 Å². The summed E-state index contributed by atoms with van der Waals surface area (Å²) in [5.41, 5.74) is 2.67. The van der Waals surface area contributed by atoms with E-state index in [4.69, 9.17) is 0 Å². The molecule has 0 saturated carbocycles. The minimum absolute atomic E-state index is 0.0523. The maximum absolute atomic E-state index is 12.5. The molecule has 1 saturated heterocycles. The Morgan fingerprint density at radius 2 is 1.88 bits per heavy atom. The zero-order valence-electron chi connectivity index (χ0n) is 14.6. The van der Waals surface area contributed by atoms with Gasteiger partial charge in [0.15, 0.2) is 0 Å². The molecule has 3 aromatic rings. The van der Waals surface area contributed by atoms with E-state index in [1.54, 1.807) is 4.90 Å². The first-order chi connectivity index (χ1) is 12.6. The fraction of sp³-hybridized carbons (Fsp3) is 0.250. The summed E-state index contributed by atoms with van der Waals surface area (Å²) in [6.45, 7) is 2.16. The molecule has 1 fully saturated rings. The number of benzene rings is 2. The molecule has 0 aliphatic carbocycles. The SMILES string of the molecule is CC(=O)N1CCC[C@@H]1C(=O)Nc1ccc(-n2ncc3ccccc32)cc1. The predicted molar refractivity (Wildman–Crippen MR) is 100 cm³/mol. The van der Waals surface area contributed by atoms with Crippen LogP contribution in [0.2, 0.25) is 0 Å². The molecule has 0 spiro atoms. The first-order valence-corrected chi connectivity index (χ1v) is 8.75. The average Bonchev–Trinajstić information content (AvgIpc) is 3.30. The summed E-state index contributed by atoms with van der Waals surface area (Å²) in [6, 6.07) is 15.2. The van der Waals surface area contributed by atoms with Crippen LogP contribution in [0.5, 0.6) is 0 Å². The zero-order valence-corrected chi connectivity index (χ0v) is 14.6. The topological polar surface area (TPSA) is 67.2 Å². The molecule has 1 N–H and O–H groups in total. The number of hydrogen-bond donors (Lipinski definition) is 1. The van der Waals surface area contributed by atoms with Gasteiger partial charge in [-0.3, -0.25) is 9.59 Å². The number of nitrogens with zero attached hydrogens (tertiary/aromatic N) is 3. The Balaban J connectivity index is 1.51. The molecule has 0 bridgehead atoms. The second-order valence-corrected chi connectivity index (χ2v) is 6.52. The molecule has 6 nitrogen and oxygen atoms in total. The predicted octanol–water partition coefficient (Wildman–Crippen LogP) is 2.97. The molecule has 132 valence electrons. The van der Waals surface area contributed by atoms with Crippen molar-refractivity contribution < 1.29 is 9.59 Å². The number of aromatic nitrogens is 2. The van der Waals surface area contributed by atoms with Gasteiger partial charge in [-0.2, -0.15) is 5.10 Å². The van der Waals surface area contributed by atoms with E-state index < -0.39 is 0 Å². The molecule has 0 unspecified atom stereocenters. The van der Waals surface area contributed by atoms with Crippen LogP contribution in [0.1, 0.15) is 19.8 Å². The van der Waals surface area contributed by atoms with E-state index in [0.29, 0.717) is 18.7 Å². The van der Waals surface area contributed by atoms with E-state index in [1.807, 2.05) is 59.4 Å². The van der Waals surface area contributed by atoms with Crippen LogP contribution in [0.15, 0.2) is 54.7 Å². The van der Waals surface area contributed by atoms with Crippen LogP contribution in [0.4, 0.5) is 5.69 Å². The van der Waals surface area contributed by atoms with Gasteiger partial charge in [-0.05, 0) is 43.2 Å². The van der Waals surface area contributed by atoms with E-state index >= 15 is 0 Å². The van der Waals surface area contributed by atoms with Gasteiger partial charge in [0, 0.05) is 24.5 Å². The molecule has 2 amide bonds. The van der Waals surface area contributed by atoms with Crippen LogP contribution in [-0.2, 0) is 9.59 Å². The lowest BCUT2D eigenvalue weighted by atomic mass is 10.2. The lowest BCUT2D eigenvalue weighted by Crippen LogP contribution is -2.42. The van der Waals surface area contributed by atoms with E-state index in [2.05, 4.69) is 10.4 Å². The molecule has 2 heterocycles. The molecule has 1 aliphatic rings. The quantitative estimate of drug-likeness (QED) is 0.791. The highest BCUT2D eigenvalue weighted by Crippen LogP contribution is 2.22. The number of likely N-dealkylation sites (tertiary alicyclic amines) is 1. The van der Waals surface area contributed by atoms with Gasteiger partial charge in [0.05, 0.1) is 17.4 Å². The van der Waals surface area contributed by atoms with Crippen molar-refractivity contribution in [3.8, 4) is 5.69 Å². The number of hydrogen-bond acceptors (Lipinski definition) is 3. The van der Waals surface area contributed by atoms with E-state index in [0.717, 1.165) is 23.0 Å². The van der Waals surface area contributed by atoms with Gasteiger partial charge in [-0.15, -0.1) is 0 Å². The van der Waals surface area contributed by atoms with Gasteiger partial charge < -0.3 is 10.2 Å². The highest BCUT2D eigenvalue weighted by molar-refractivity contribution is 5.97. The smallest absolute Gasteiger partial charge is 0.247 e. The highest BCUT2D eigenvalue weighted by Gasteiger charge is 2.32. The lowest BCUT2D eigenvalue weighted by molar-refractivity contribution is -0.134. The van der Waals surface area contributed by atoms with E-state index in [-0.39, 0.29) is 17.9 Å². The summed E-state index contributed by atoms with van der Waals surface area (Å²) in [5.74, 6) is -0.182. The van der Waals surface area contributed by atoms with Gasteiger partial charge in [0.1, 0.15) is 6.04 Å². The summed E-state index contributed by atoms with van der Waals surface area (Å²) < 4.78 is 1.87. The number of carbonyl (C=O) groups excluding carboxylic acids is 2. The summed E-state index contributed by atoms with van der Waals surface area (Å²) in [4.78, 5) is 25.8. The second kappa shape index (κ2) is 6.63. The van der Waals surface area contributed by atoms with Crippen LogP contribution in [0.3, 0.4) is 0 Å². The van der Waals surface area contributed by atoms with Crippen LogP contribution in [-0.4, -0.2) is 39.1 Å². The Morgan fingerprint density at radius 3 is 2.65 bits per heavy atom. The van der Waals surface area contributed by atoms with Crippen molar-refractivity contribution in [2.75, 3.05) is 11.9 Å². The molecule has 6 heteroatoms. The number of carbonyl (C=O) groups is 2. The number of anilines is 1. The molecule has 4 rings (SSSR count). The van der Waals surface area contributed by atoms with Gasteiger partial charge in [-0.1, -0.05) is 18.2 Å². The zero-order chi connectivity index (χ0) is 18.1. The van der Waals surface area contributed by atoms with Gasteiger partial charge in [0.25, 0.3) is 0 Å². The molecule has 1 aliphatic heterocycles. The van der Waals surface area contributed by atoms with Crippen molar-refractivity contribution in [1.82, 2.24) is 14.7 Å². The third-order valence-electron chi connectivity index (χ3n) is 4.82. The van der Waals surface area contributed by atoms with Gasteiger partial charge >= 0.3 is 0 Å². The van der Waals surface area contributed by atoms with Gasteiger partial charge in [0.2, 0.25) is 11.8 Å². The number of amides is 2. The number of nitrogens with one attached hydrogen (secondary N) is 1. The maximum atomic E-state index is 12.5. The molecule has 0 radical (unpaired) electrons. The Hall–Kier alpha value is -3.15. The third kappa shape index (κ3) is 2.94. The maximum Gasteiger partial charge on any atom is 0.247 e.